The third-order valence-corrected chi connectivity index (χ3v) is 3.03. The molecular weight excluding hydrogens is 311 g/mol. The van der Waals surface area contributed by atoms with Gasteiger partial charge in [0.05, 0.1) is 12.3 Å². The summed E-state index contributed by atoms with van der Waals surface area (Å²) < 4.78 is 61.4. The van der Waals surface area contributed by atoms with Gasteiger partial charge in [-0.05, 0) is 24.3 Å². The number of sulfone groups is 1. The topological polar surface area (TPSA) is 93.8 Å². The van der Waals surface area contributed by atoms with E-state index in [1.807, 2.05) is 0 Å². The zero-order chi connectivity index (χ0) is 16.1. The van der Waals surface area contributed by atoms with Crippen LogP contribution in [-0.2, 0) is 9.84 Å². The quantitative estimate of drug-likeness (QED) is 0.630. The number of aliphatic imine (C=N–C) groups is 1. The molecule has 0 heterocycles. The number of hydrogen-bond acceptors (Lipinski definition) is 4. The minimum absolute atomic E-state index is 0.00701. The normalized spacial score (nSPS) is 13.0. The lowest BCUT2D eigenvalue weighted by Crippen LogP contribution is -2.23. The van der Waals surface area contributed by atoms with E-state index in [4.69, 9.17) is 5.73 Å². The molecule has 1 aromatic rings. The number of nitrogens with zero attached hydrogens (tertiary/aromatic N) is 1. The SMILES string of the molecule is CS(=O)(=O)CCN=C(N)Nc1ccc(OC(F)(F)F)cc1. The Labute approximate surface area is 119 Å². The number of benzene rings is 1. The van der Waals surface area contributed by atoms with Crippen LogP contribution >= 0.6 is 0 Å². The van der Waals surface area contributed by atoms with Gasteiger partial charge in [0.2, 0.25) is 0 Å². The number of hydrogen-bond donors (Lipinski definition) is 2. The molecule has 0 spiro atoms. The average Bonchev–Trinajstić information content (AvgIpc) is 2.28. The lowest BCUT2D eigenvalue weighted by molar-refractivity contribution is -0.274. The van der Waals surface area contributed by atoms with Gasteiger partial charge in [-0.15, -0.1) is 13.2 Å². The molecule has 3 N–H and O–H groups in total. The molecule has 0 aliphatic heterocycles. The van der Waals surface area contributed by atoms with Crippen LogP contribution in [0.2, 0.25) is 0 Å². The van der Waals surface area contributed by atoms with E-state index >= 15 is 0 Å². The number of anilines is 1. The van der Waals surface area contributed by atoms with Gasteiger partial charge in [0.15, 0.2) is 5.96 Å². The van der Waals surface area contributed by atoms with Crippen molar-refractivity contribution in [3.05, 3.63) is 24.3 Å². The largest absolute Gasteiger partial charge is 0.573 e. The van der Waals surface area contributed by atoms with Crippen LogP contribution in [0.4, 0.5) is 18.9 Å². The Bertz CT molecular complexity index is 597. The second-order valence-corrected chi connectivity index (χ2v) is 6.35. The number of nitrogens with one attached hydrogen (secondary N) is 1. The third kappa shape index (κ3) is 8.02. The Balaban J connectivity index is 2.57. The third-order valence-electron chi connectivity index (χ3n) is 2.10. The average molecular weight is 325 g/mol. The highest BCUT2D eigenvalue weighted by molar-refractivity contribution is 7.90. The van der Waals surface area contributed by atoms with Gasteiger partial charge in [-0.1, -0.05) is 0 Å². The lowest BCUT2D eigenvalue weighted by Gasteiger charge is -2.10. The van der Waals surface area contributed by atoms with Crippen molar-refractivity contribution in [2.75, 3.05) is 23.9 Å². The van der Waals surface area contributed by atoms with Gasteiger partial charge in [0.1, 0.15) is 15.6 Å². The van der Waals surface area contributed by atoms with E-state index in [9.17, 15) is 21.6 Å². The Kier molecular flexibility index (Phi) is 5.41. The minimum atomic E-state index is -4.75. The number of ether oxygens (including phenoxy) is 1. The van der Waals surface area contributed by atoms with Crippen molar-refractivity contribution in [2.45, 2.75) is 6.36 Å². The molecule has 0 unspecified atom stereocenters. The van der Waals surface area contributed by atoms with E-state index in [0.717, 1.165) is 18.4 Å². The highest BCUT2D eigenvalue weighted by atomic mass is 32.2. The summed E-state index contributed by atoms with van der Waals surface area (Å²) >= 11 is 0. The standard InChI is InChI=1S/C11H14F3N3O3S/c1-21(18,19)7-6-16-10(15)17-8-2-4-9(5-3-8)20-11(12,13)14/h2-5H,6-7H2,1H3,(H3,15,16,17). The van der Waals surface area contributed by atoms with Crippen LogP contribution in [0.1, 0.15) is 0 Å². The monoisotopic (exact) mass is 325 g/mol. The Morgan fingerprint density at radius 2 is 1.90 bits per heavy atom. The summed E-state index contributed by atoms with van der Waals surface area (Å²) in [5, 5.41) is 2.61. The Hall–Kier alpha value is -1.97. The highest BCUT2D eigenvalue weighted by Crippen LogP contribution is 2.23. The summed E-state index contributed by atoms with van der Waals surface area (Å²) in [7, 11) is -3.13. The van der Waals surface area contributed by atoms with E-state index < -0.39 is 16.2 Å². The maximum Gasteiger partial charge on any atom is 0.573 e. The molecular formula is C11H14F3N3O3S. The van der Waals surface area contributed by atoms with Crippen LogP contribution in [-0.4, -0.2) is 39.3 Å². The summed E-state index contributed by atoms with van der Waals surface area (Å²) in [4.78, 5) is 3.78. The molecule has 21 heavy (non-hydrogen) atoms. The molecule has 0 bridgehead atoms. The van der Waals surface area contributed by atoms with Gasteiger partial charge in [0, 0.05) is 11.9 Å². The van der Waals surface area contributed by atoms with Crippen LogP contribution in [0.15, 0.2) is 29.3 Å². The summed E-state index contributed by atoms with van der Waals surface area (Å²) in [6.45, 7) is -0.00701. The first-order valence-electron chi connectivity index (χ1n) is 5.66. The van der Waals surface area contributed by atoms with Crippen LogP contribution in [0.5, 0.6) is 5.75 Å². The van der Waals surface area contributed by atoms with Crippen molar-refractivity contribution in [1.82, 2.24) is 0 Å². The van der Waals surface area contributed by atoms with Crippen molar-refractivity contribution in [1.29, 1.82) is 0 Å². The molecule has 6 nitrogen and oxygen atoms in total. The number of nitrogens with two attached hydrogens (primary N) is 1. The fraction of sp³-hybridized carbons (Fsp3) is 0.364. The second kappa shape index (κ2) is 6.66. The molecule has 10 heteroatoms. The minimum Gasteiger partial charge on any atom is -0.406 e. The molecule has 1 rings (SSSR count). The number of guanidine groups is 1. The fourth-order valence-corrected chi connectivity index (χ4v) is 1.68. The molecule has 1 aromatic carbocycles. The van der Waals surface area contributed by atoms with Crippen LogP contribution in [0.3, 0.4) is 0 Å². The highest BCUT2D eigenvalue weighted by Gasteiger charge is 2.30. The van der Waals surface area contributed by atoms with Gasteiger partial charge in [0.25, 0.3) is 0 Å². The molecule has 0 radical (unpaired) electrons. The van der Waals surface area contributed by atoms with E-state index in [-0.39, 0.29) is 24.0 Å². The van der Waals surface area contributed by atoms with E-state index in [1.54, 1.807) is 0 Å². The van der Waals surface area contributed by atoms with Crippen molar-refractivity contribution in [3.63, 3.8) is 0 Å². The molecule has 0 atom stereocenters. The zero-order valence-corrected chi connectivity index (χ0v) is 11.8. The van der Waals surface area contributed by atoms with Gasteiger partial charge in [-0.25, -0.2) is 8.42 Å². The molecule has 0 saturated carbocycles. The van der Waals surface area contributed by atoms with Gasteiger partial charge in [-0.3, -0.25) is 4.99 Å². The number of halogens is 3. The summed E-state index contributed by atoms with van der Waals surface area (Å²) in [6.07, 6.45) is -3.67. The number of alkyl halides is 3. The summed E-state index contributed by atoms with van der Waals surface area (Å²) in [5.74, 6) is -0.544. The summed E-state index contributed by atoms with van der Waals surface area (Å²) in [6, 6.07) is 4.86. The van der Waals surface area contributed by atoms with Gasteiger partial charge >= 0.3 is 6.36 Å². The van der Waals surface area contributed by atoms with Crippen molar-refractivity contribution < 1.29 is 26.3 Å². The Morgan fingerprint density at radius 1 is 1.33 bits per heavy atom. The van der Waals surface area contributed by atoms with Crippen LogP contribution in [0, 0.1) is 0 Å². The van der Waals surface area contributed by atoms with E-state index in [1.165, 1.54) is 12.1 Å². The predicted octanol–water partition coefficient (Wildman–Crippen LogP) is 1.36. The maximum absolute atomic E-state index is 12.0. The predicted molar refractivity (Wildman–Crippen MR) is 72.9 cm³/mol. The molecule has 0 aliphatic rings. The first-order valence-corrected chi connectivity index (χ1v) is 7.72. The van der Waals surface area contributed by atoms with Crippen LogP contribution < -0.4 is 15.8 Å². The lowest BCUT2D eigenvalue weighted by atomic mass is 10.3. The van der Waals surface area contributed by atoms with E-state index in [2.05, 4.69) is 15.0 Å². The van der Waals surface area contributed by atoms with Crippen molar-refractivity contribution in [2.24, 2.45) is 10.7 Å². The summed E-state index contributed by atoms with van der Waals surface area (Å²) in [5.41, 5.74) is 5.90. The first kappa shape index (κ1) is 17.1. The van der Waals surface area contributed by atoms with Gasteiger partial charge < -0.3 is 15.8 Å². The zero-order valence-electron chi connectivity index (χ0n) is 11.0. The molecule has 0 aromatic heterocycles. The van der Waals surface area contributed by atoms with Crippen molar-refractivity contribution in [3.8, 4) is 5.75 Å². The molecule has 0 fully saturated rings. The van der Waals surface area contributed by atoms with E-state index in [0.29, 0.717) is 5.69 Å². The van der Waals surface area contributed by atoms with Crippen LogP contribution in [0.25, 0.3) is 0 Å². The molecule has 118 valence electrons. The Morgan fingerprint density at radius 3 is 2.38 bits per heavy atom. The maximum atomic E-state index is 12.0. The smallest absolute Gasteiger partial charge is 0.406 e. The molecule has 0 saturated heterocycles. The van der Waals surface area contributed by atoms with Crippen molar-refractivity contribution >= 4 is 21.5 Å². The second-order valence-electron chi connectivity index (χ2n) is 4.09. The first-order chi connectivity index (χ1) is 9.55. The molecule has 0 amide bonds. The van der Waals surface area contributed by atoms with Gasteiger partial charge in [-0.2, -0.15) is 0 Å². The number of rotatable bonds is 5. The molecule has 0 aliphatic carbocycles. The fourth-order valence-electron chi connectivity index (χ4n) is 1.26.